The molecule has 6 fully saturated rings. The summed E-state index contributed by atoms with van der Waals surface area (Å²) in [5, 5.41) is 0. The number of nitrogens with zero attached hydrogens (tertiary/aromatic N) is 2. The second kappa shape index (κ2) is 8.14. The van der Waals surface area contributed by atoms with Crippen LogP contribution in [0.4, 0.5) is 4.39 Å². The van der Waals surface area contributed by atoms with Crippen molar-refractivity contribution in [2.24, 2.45) is 56.7 Å². The van der Waals surface area contributed by atoms with Gasteiger partial charge in [-0.1, -0.05) is 48.5 Å². The summed E-state index contributed by atoms with van der Waals surface area (Å²) in [6.07, 6.45) is 10.9. The van der Waals surface area contributed by atoms with E-state index in [-0.39, 0.29) is 46.3 Å². The molecule has 1 spiro atoms. The van der Waals surface area contributed by atoms with E-state index in [1.807, 2.05) is 23.9 Å². The smallest absolute Gasteiger partial charge is 0.313 e. The summed E-state index contributed by atoms with van der Waals surface area (Å²) in [6.45, 7) is 17.8. The number of alkyl halides is 1. The third-order valence-corrected chi connectivity index (χ3v) is 15.1. The third kappa shape index (κ3) is 2.96. The molecule has 6 aliphatic rings. The molecule has 0 aromatic carbocycles. The number of allylic oxidation sites excluding steroid dienone is 1. The number of hydrogen-bond acceptors (Lipinski definition) is 4. The summed E-state index contributed by atoms with van der Waals surface area (Å²) in [5.41, 5.74) is -2.20. The molecule has 5 aliphatic carbocycles. The van der Waals surface area contributed by atoms with Gasteiger partial charge in [0.15, 0.2) is 11.4 Å². The van der Waals surface area contributed by atoms with Crippen molar-refractivity contribution < 1.29 is 18.7 Å². The van der Waals surface area contributed by atoms with Crippen LogP contribution in [0.5, 0.6) is 0 Å². The van der Waals surface area contributed by atoms with E-state index in [1.165, 1.54) is 0 Å². The van der Waals surface area contributed by atoms with Crippen molar-refractivity contribution in [3.8, 4) is 0 Å². The Hall–Kier alpha value is -1.98. The molecule has 1 aromatic rings. The van der Waals surface area contributed by atoms with Crippen molar-refractivity contribution in [2.45, 2.75) is 119 Å². The van der Waals surface area contributed by atoms with E-state index < -0.39 is 28.0 Å². The first kappa shape index (κ1) is 27.8. The highest BCUT2D eigenvalue weighted by atomic mass is 19.1. The first-order valence-electron chi connectivity index (χ1n) is 16.2. The number of aryl methyl sites for hydroxylation is 1. The number of Topliss-reactive ketones (excluding diaryl/α,β-unsaturated/α-hetero) is 1. The van der Waals surface area contributed by atoms with E-state index in [0.717, 1.165) is 49.9 Å². The van der Waals surface area contributed by atoms with Crippen LogP contribution in [-0.4, -0.2) is 33.1 Å². The maximum atomic E-state index is 17.5. The second-order valence-corrected chi connectivity index (χ2v) is 16.6. The molecule has 224 valence electrons. The maximum Gasteiger partial charge on any atom is 0.313 e. The van der Waals surface area contributed by atoms with E-state index in [0.29, 0.717) is 18.8 Å². The van der Waals surface area contributed by atoms with Gasteiger partial charge in [0.2, 0.25) is 0 Å². The number of hydrogen-bond donors (Lipinski definition) is 0. The molecule has 41 heavy (non-hydrogen) atoms. The SMILES string of the molecule is Cc1nccn1/C=C1/C[C@]2(C)[C@H]3C[C@@H](F)[C@]45OC(=O)[C@@]6(CC[C@@H](C)[C@H](C)[C@H]64)CC[C@@]5(C)[C@]3(C)CC[C@H]2C(C)(C)C1=O. The van der Waals surface area contributed by atoms with Crippen LogP contribution in [0, 0.1) is 63.6 Å². The fraction of sp³-hybridized carbons (Fsp3) is 0.800. The highest BCUT2D eigenvalue weighted by Crippen LogP contribution is 2.81. The van der Waals surface area contributed by atoms with Gasteiger partial charge in [-0.25, -0.2) is 9.37 Å². The van der Waals surface area contributed by atoms with Gasteiger partial charge in [0.25, 0.3) is 0 Å². The van der Waals surface area contributed by atoms with Crippen LogP contribution >= 0.6 is 0 Å². The van der Waals surface area contributed by atoms with Crippen LogP contribution in [-0.2, 0) is 14.3 Å². The fourth-order valence-corrected chi connectivity index (χ4v) is 12.7. The first-order valence-corrected chi connectivity index (χ1v) is 16.2. The van der Waals surface area contributed by atoms with Crippen LogP contribution < -0.4 is 0 Å². The van der Waals surface area contributed by atoms with Crippen molar-refractivity contribution in [3.63, 3.8) is 0 Å². The van der Waals surface area contributed by atoms with Gasteiger partial charge >= 0.3 is 5.97 Å². The molecule has 5 saturated carbocycles. The summed E-state index contributed by atoms with van der Waals surface area (Å²) in [4.78, 5) is 32.2. The van der Waals surface area contributed by atoms with E-state index in [9.17, 15) is 9.59 Å². The van der Waals surface area contributed by atoms with E-state index in [1.54, 1.807) is 6.20 Å². The Labute approximate surface area is 245 Å². The van der Waals surface area contributed by atoms with Crippen LogP contribution in [0.15, 0.2) is 18.0 Å². The largest absolute Gasteiger partial charge is 0.455 e. The van der Waals surface area contributed by atoms with Crippen molar-refractivity contribution in [2.75, 3.05) is 0 Å². The number of carbonyl (C=O) groups is 2. The van der Waals surface area contributed by atoms with E-state index in [2.05, 4.69) is 53.5 Å². The number of halogens is 1. The lowest BCUT2D eigenvalue weighted by atomic mass is 9.30. The molecule has 11 atom stereocenters. The monoisotopic (exact) mass is 564 g/mol. The van der Waals surface area contributed by atoms with Gasteiger partial charge in [-0.2, -0.15) is 0 Å². The molecular weight excluding hydrogens is 515 g/mol. The number of esters is 1. The summed E-state index contributed by atoms with van der Waals surface area (Å²) in [5.74, 6) is 1.86. The third-order valence-electron chi connectivity index (χ3n) is 15.1. The summed E-state index contributed by atoms with van der Waals surface area (Å²) in [6, 6.07) is 0. The Morgan fingerprint density at radius 3 is 2.44 bits per heavy atom. The molecule has 0 amide bonds. The van der Waals surface area contributed by atoms with Gasteiger partial charge in [0, 0.05) is 40.9 Å². The lowest BCUT2D eigenvalue weighted by Crippen LogP contribution is -2.76. The Bertz CT molecular complexity index is 1360. The average Bonchev–Trinajstić information content (AvgIpc) is 3.40. The van der Waals surface area contributed by atoms with Crippen LogP contribution in [0.25, 0.3) is 6.20 Å². The van der Waals surface area contributed by atoms with Crippen LogP contribution in [0.3, 0.4) is 0 Å². The maximum absolute atomic E-state index is 17.5. The molecule has 5 nitrogen and oxygen atoms in total. The molecule has 0 radical (unpaired) electrons. The molecule has 1 saturated heterocycles. The minimum absolute atomic E-state index is 0.0626. The zero-order valence-corrected chi connectivity index (χ0v) is 26.4. The minimum atomic E-state index is -1.20. The van der Waals surface area contributed by atoms with E-state index in [4.69, 9.17) is 4.74 Å². The standard InChI is InChI=1S/C35H49FN2O3/c1-20-9-12-34-14-13-33(8)32(7)11-10-24-30(4,5)28(39)23(19-38-16-15-37-22(38)3)18-31(24,6)25(32)17-26(36)35(33,41-29(34)40)27(34)21(20)2/h15-16,19-21,24-27H,9-14,17-18H2,1-8H3/b23-19-/t20-,21+,24+,25-,26-,27-,31+,32-,33+,34+,35+/m1/s1. The Balaban J connectivity index is 1.37. The van der Waals surface area contributed by atoms with Crippen molar-refractivity contribution in [1.29, 1.82) is 0 Å². The normalized spacial score (nSPS) is 52.8. The summed E-state index contributed by atoms with van der Waals surface area (Å²) < 4.78 is 26.1. The number of imidazole rings is 1. The lowest BCUT2D eigenvalue weighted by molar-refractivity contribution is -0.303. The van der Waals surface area contributed by atoms with E-state index >= 15 is 4.39 Å². The Kier molecular flexibility index (Phi) is 5.52. The van der Waals surface area contributed by atoms with Gasteiger partial charge in [0.1, 0.15) is 12.0 Å². The molecule has 0 unspecified atom stereocenters. The molecule has 2 heterocycles. The molecule has 1 aliphatic heterocycles. The number of carbonyl (C=O) groups excluding carboxylic acids is 2. The number of ether oxygens (including phenoxy) is 1. The van der Waals surface area contributed by atoms with Crippen LogP contribution in [0.1, 0.15) is 106 Å². The average molecular weight is 565 g/mol. The van der Waals surface area contributed by atoms with Gasteiger partial charge in [-0.15, -0.1) is 0 Å². The number of rotatable bonds is 1. The molecule has 7 rings (SSSR count). The topological polar surface area (TPSA) is 61.2 Å². The van der Waals surface area contributed by atoms with Gasteiger partial charge < -0.3 is 9.30 Å². The van der Waals surface area contributed by atoms with Crippen molar-refractivity contribution in [1.82, 2.24) is 9.55 Å². The molecular formula is C35H49FN2O3. The Morgan fingerprint density at radius 2 is 1.76 bits per heavy atom. The highest BCUT2D eigenvalue weighted by molar-refractivity contribution is 6.03. The zero-order chi connectivity index (χ0) is 29.5. The minimum Gasteiger partial charge on any atom is -0.455 e. The zero-order valence-electron chi connectivity index (χ0n) is 26.4. The Morgan fingerprint density at radius 1 is 1.02 bits per heavy atom. The summed E-state index contributed by atoms with van der Waals surface area (Å²) in [7, 11) is 0. The number of ketones is 1. The fourth-order valence-electron chi connectivity index (χ4n) is 12.7. The summed E-state index contributed by atoms with van der Waals surface area (Å²) >= 11 is 0. The predicted octanol–water partition coefficient (Wildman–Crippen LogP) is 7.58. The van der Waals surface area contributed by atoms with Crippen molar-refractivity contribution >= 4 is 18.0 Å². The van der Waals surface area contributed by atoms with Gasteiger partial charge in [-0.05, 0) is 92.8 Å². The number of fused-ring (bicyclic) bond motifs is 4. The highest BCUT2D eigenvalue weighted by Gasteiger charge is 2.84. The van der Waals surface area contributed by atoms with Crippen molar-refractivity contribution in [3.05, 3.63) is 23.8 Å². The molecule has 1 aromatic heterocycles. The molecule has 6 heteroatoms. The molecule has 2 bridgehead atoms. The second-order valence-electron chi connectivity index (χ2n) is 16.6. The predicted molar refractivity (Wildman–Crippen MR) is 156 cm³/mol. The van der Waals surface area contributed by atoms with Gasteiger partial charge in [-0.3, -0.25) is 9.59 Å². The van der Waals surface area contributed by atoms with Gasteiger partial charge in [0.05, 0.1) is 5.41 Å². The number of aromatic nitrogens is 2. The lowest BCUT2D eigenvalue weighted by Gasteiger charge is -2.74. The quantitative estimate of drug-likeness (QED) is 0.261. The first-order chi connectivity index (χ1) is 19.1. The molecule has 0 N–H and O–H groups in total. The van der Waals surface area contributed by atoms with Crippen LogP contribution in [0.2, 0.25) is 0 Å².